The third kappa shape index (κ3) is 3.24. The topological polar surface area (TPSA) is 50.4 Å². The molecule has 0 saturated heterocycles. The molecule has 1 aliphatic heterocycles. The summed E-state index contributed by atoms with van der Waals surface area (Å²) in [5, 5.41) is 7.02. The number of halogens is 1. The SMILES string of the molecule is C[C@H](NCc1ccccc1Cl)c1ccc2c(c1)NC(=O)CO2. The first-order chi connectivity index (χ1) is 10.6. The van der Waals surface area contributed by atoms with Crippen molar-refractivity contribution in [2.24, 2.45) is 0 Å². The van der Waals surface area contributed by atoms with Gasteiger partial charge < -0.3 is 15.4 Å². The van der Waals surface area contributed by atoms with Crippen LogP contribution in [-0.4, -0.2) is 12.5 Å². The van der Waals surface area contributed by atoms with E-state index in [9.17, 15) is 4.79 Å². The average molecular weight is 317 g/mol. The summed E-state index contributed by atoms with van der Waals surface area (Å²) in [6.45, 7) is 2.83. The van der Waals surface area contributed by atoms with Crippen LogP contribution in [0.1, 0.15) is 24.1 Å². The number of benzene rings is 2. The number of nitrogens with one attached hydrogen (secondary N) is 2. The summed E-state index contributed by atoms with van der Waals surface area (Å²) in [4.78, 5) is 11.4. The fraction of sp³-hybridized carbons (Fsp3) is 0.235. The smallest absolute Gasteiger partial charge is 0.262 e. The zero-order valence-corrected chi connectivity index (χ0v) is 13.0. The van der Waals surface area contributed by atoms with Gasteiger partial charge in [-0.3, -0.25) is 4.79 Å². The summed E-state index contributed by atoms with van der Waals surface area (Å²) in [5.41, 5.74) is 2.86. The van der Waals surface area contributed by atoms with E-state index in [0.717, 1.165) is 21.8 Å². The maximum absolute atomic E-state index is 11.4. The Balaban J connectivity index is 1.70. The van der Waals surface area contributed by atoms with Crippen LogP contribution < -0.4 is 15.4 Å². The molecular formula is C17H17ClN2O2. The molecule has 1 aliphatic rings. The maximum Gasteiger partial charge on any atom is 0.262 e. The number of ether oxygens (including phenoxy) is 1. The van der Waals surface area contributed by atoms with Crippen LogP contribution >= 0.6 is 11.6 Å². The lowest BCUT2D eigenvalue weighted by Crippen LogP contribution is -2.26. The number of anilines is 1. The van der Waals surface area contributed by atoms with E-state index in [1.54, 1.807) is 0 Å². The van der Waals surface area contributed by atoms with E-state index in [2.05, 4.69) is 17.6 Å². The number of hydrogen-bond donors (Lipinski definition) is 2. The van der Waals surface area contributed by atoms with Crippen LogP contribution in [0.4, 0.5) is 5.69 Å². The molecule has 2 aromatic carbocycles. The molecule has 2 aromatic rings. The van der Waals surface area contributed by atoms with E-state index in [-0.39, 0.29) is 18.6 Å². The predicted octanol–water partition coefficient (Wildman–Crippen LogP) is 3.52. The molecule has 4 nitrogen and oxygen atoms in total. The first-order valence-corrected chi connectivity index (χ1v) is 7.54. The molecular weight excluding hydrogens is 300 g/mol. The summed E-state index contributed by atoms with van der Waals surface area (Å²) in [6, 6.07) is 13.7. The van der Waals surface area contributed by atoms with Crippen molar-refractivity contribution in [1.29, 1.82) is 0 Å². The van der Waals surface area contributed by atoms with Gasteiger partial charge in [0.25, 0.3) is 5.91 Å². The number of carbonyl (C=O) groups is 1. The van der Waals surface area contributed by atoms with Gasteiger partial charge in [-0.2, -0.15) is 0 Å². The Bertz CT molecular complexity index is 703. The minimum absolute atomic E-state index is 0.0760. The van der Waals surface area contributed by atoms with Crippen LogP contribution in [0, 0.1) is 0 Å². The lowest BCUT2D eigenvalue weighted by atomic mass is 10.1. The zero-order chi connectivity index (χ0) is 15.5. The highest BCUT2D eigenvalue weighted by Gasteiger charge is 2.17. The molecule has 5 heteroatoms. The number of carbonyl (C=O) groups excluding carboxylic acids is 1. The van der Waals surface area contributed by atoms with E-state index >= 15 is 0 Å². The molecule has 114 valence electrons. The molecule has 1 heterocycles. The monoisotopic (exact) mass is 316 g/mol. The molecule has 1 amide bonds. The molecule has 0 unspecified atom stereocenters. The Morgan fingerprint density at radius 1 is 1.32 bits per heavy atom. The van der Waals surface area contributed by atoms with Gasteiger partial charge in [0.05, 0.1) is 5.69 Å². The van der Waals surface area contributed by atoms with Crippen molar-refractivity contribution in [1.82, 2.24) is 5.32 Å². The molecule has 0 fully saturated rings. The third-order valence-corrected chi connectivity index (χ3v) is 4.06. The first kappa shape index (κ1) is 14.9. The number of hydrogen-bond acceptors (Lipinski definition) is 3. The third-order valence-electron chi connectivity index (χ3n) is 3.69. The molecule has 2 N–H and O–H groups in total. The normalized spacial score (nSPS) is 14.7. The maximum atomic E-state index is 11.4. The van der Waals surface area contributed by atoms with Gasteiger partial charge in [0.15, 0.2) is 6.61 Å². The highest BCUT2D eigenvalue weighted by atomic mass is 35.5. The van der Waals surface area contributed by atoms with Crippen molar-refractivity contribution in [3.05, 3.63) is 58.6 Å². The van der Waals surface area contributed by atoms with Gasteiger partial charge in [0.1, 0.15) is 5.75 Å². The van der Waals surface area contributed by atoms with Gasteiger partial charge in [-0.15, -0.1) is 0 Å². The van der Waals surface area contributed by atoms with Crippen molar-refractivity contribution in [2.45, 2.75) is 19.5 Å². The average Bonchev–Trinajstić information content (AvgIpc) is 2.53. The van der Waals surface area contributed by atoms with Crippen molar-refractivity contribution in [2.75, 3.05) is 11.9 Å². The molecule has 0 aliphatic carbocycles. The standard InChI is InChI=1S/C17H17ClN2O2/c1-11(19-9-13-4-2-3-5-14(13)18)12-6-7-16-15(8-12)20-17(21)10-22-16/h2-8,11,19H,9-10H2,1H3,(H,20,21)/t11-/m0/s1. The van der Waals surface area contributed by atoms with Gasteiger partial charge in [-0.25, -0.2) is 0 Å². The second-order valence-electron chi connectivity index (χ2n) is 5.29. The zero-order valence-electron chi connectivity index (χ0n) is 12.2. The largest absolute Gasteiger partial charge is 0.482 e. The van der Waals surface area contributed by atoms with Gasteiger partial charge >= 0.3 is 0 Å². The highest BCUT2D eigenvalue weighted by Crippen LogP contribution is 2.30. The second kappa shape index (κ2) is 6.38. The summed E-state index contributed by atoms with van der Waals surface area (Å²) in [5.74, 6) is 0.586. The van der Waals surface area contributed by atoms with Crippen molar-refractivity contribution >= 4 is 23.2 Å². The van der Waals surface area contributed by atoms with Crippen LogP contribution in [0.5, 0.6) is 5.75 Å². The Kier molecular flexibility index (Phi) is 4.32. The first-order valence-electron chi connectivity index (χ1n) is 7.17. The molecule has 22 heavy (non-hydrogen) atoms. The number of amides is 1. The van der Waals surface area contributed by atoms with Crippen molar-refractivity contribution < 1.29 is 9.53 Å². The minimum Gasteiger partial charge on any atom is -0.482 e. The summed E-state index contributed by atoms with van der Waals surface area (Å²) in [6.07, 6.45) is 0. The molecule has 0 aromatic heterocycles. The summed E-state index contributed by atoms with van der Waals surface area (Å²) >= 11 is 6.16. The van der Waals surface area contributed by atoms with Crippen molar-refractivity contribution in [3.63, 3.8) is 0 Å². The van der Waals surface area contributed by atoms with E-state index in [4.69, 9.17) is 16.3 Å². The van der Waals surface area contributed by atoms with E-state index in [0.29, 0.717) is 12.3 Å². The van der Waals surface area contributed by atoms with E-state index < -0.39 is 0 Å². The molecule has 0 saturated carbocycles. The predicted molar refractivity (Wildman–Crippen MR) is 87.3 cm³/mol. The van der Waals surface area contributed by atoms with Crippen molar-refractivity contribution in [3.8, 4) is 5.75 Å². The summed E-state index contributed by atoms with van der Waals surface area (Å²) < 4.78 is 5.37. The second-order valence-corrected chi connectivity index (χ2v) is 5.69. The van der Waals surface area contributed by atoms with Crippen LogP contribution in [0.2, 0.25) is 5.02 Å². The Hall–Kier alpha value is -2.04. The molecule has 1 atom stereocenters. The fourth-order valence-corrected chi connectivity index (χ4v) is 2.60. The van der Waals surface area contributed by atoms with Crippen LogP contribution in [0.25, 0.3) is 0 Å². The lowest BCUT2D eigenvalue weighted by Gasteiger charge is -2.21. The molecule has 3 rings (SSSR count). The van der Waals surface area contributed by atoms with Crippen LogP contribution in [-0.2, 0) is 11.3 Å². The molecule has 0 spiro atoms. The van der Waals surface area contributed by atoms with Gasteiger partial charge in [-0.1, -0.05) is 35.9 Å². The quantitative estimate of drug-likeness (QED) is 0.907. The lowest BCUT2D eigenvalue weighted by molar-refractivity contribution is -0.118. The molecule has 0 radical (unpaired) electrons. The Morgan fingerprint density at radius 2 is 2.14 bits per heavy atom. The minimum atomic E-state index is -0.124. The molecule has 0 bridgehead atoms. The van der Waals surface area contributed by atoms with Gasteiger partial charge in [0, 0.05) is 17.6 Å². The fourth-order valence-electron chi connectivity index (χ4n) is 2.39. The Morgan fingerprint density at radius 3 is 2.95 bits per heavy atom. The highest BCUT2D eigenvalue weighted by molar-refractivity contribution is 6.31. The Labute approximate surface area is 134 Å². The van der Waals surface area contributed by atoms with Crippen LogP contribution in [0.3, 0.4) is 0 Å². The number of fused-ring (bicyclic) bond motifs is 1. The van der Waals surface area contributed by atoms with E-state index in [1.807, 2.05) is 42.5 Å². The summed E-state index contributed by atoms with van der Waals surface area (Å²) in [7, 11) is 0. The van der Waals surface area contributed by atoms with Gasteiger partial charge in [0.2, 0.25) is 0 Å². The van der Waals surface area contributed by atoms with Gasteiger partial charge in [-0.05, 0) is 36.2 Å². The number of rotatable bonds is 4. The van der Waals surface area contributed by atoms with Crippen LogP contribution in [0.15, 0.2) is 42.5 Å². The van der Waals surface area contributed by atoms with E-state index in [1.165, 1.54) is 0 Å².